The summed E-state index contributed by atoms with van der Waals surface area (Å²) >= 11 is 0. The van der Waals surface area contributed by atoms with Crippen molar-refractivity contribution in [2.45, 2.75) is 66.2 Å². The van der Waals surface area contributed by atoms with Gasteiger partial charge in [-0.05, 0) is 86.2 Å². The second-order valence-electron chi connectivity index (χ2n) is 8.92. The van der Waals surface area contributed by atoms with Crippen molar-refractivity contribution in [3.8, 4) is 11.5 Å². The van der Waals surface area contributed by atoms with Gasteiger partial charge in [0, 0.05) is 13.1 Å². The van der Waals surface area contributed by atoms with Crippen LogP contribution < -0.4 is 9.47 Å². The summed E-state index contributed by atoms with van der Waals surface area (Å²) in [5.41, 5.74) is 2.79. The molecule has 2 aromatic carbocycles. The lowest BCUT2D eigenvalue weighted by atomic mass is 9.78. The average molecular weight is 505 g/mol. The average Bonchev–Trinajstić information content (AvgIpc) is 2.88. The van der Waals surface area contributed by atoms with Crippen LogP contribution in [0.3, 0.4) is 0 Å². The molecule has 0 aliphatic carbocycles. The van der Waals surface area contributed by atoms with Crippen LogP contribution in [0, 0.1) is 0 Å². The molecular weight excluding hydrogens is 456 g/mol. The van der Waals surface area contributed by atoms with Crippen LogP contribution in [-0.4, -0.2) is 62.3 Å². The van der Waals surface area contributed by atoms with Crippen LogP contribution in [0.4, 0.5) is 0 Å². The van der Waals surface area contributed by atoms with E-state index < -0.39 is 0 Å². The number of likely N-dealkylation sites (N-methyl/N-ethyl adjacent to an activating group) is 2. The monoisotopic (exact) mass is 504 g/mol. The predicted octanol–water partition coefficient (Wildman–Crippen LogP) is 7.24. The summed E-state index contributed by atoms with van der Waals surface area (Å²) in [5.74, 6) is 2.91. The molecule has 0 amide bonds. The number of hydrogen-bond acceptors (Lipinski definition) is 4. The van der Waals surface area contributed by atoms with Crippen LogP contribution in [0.1, 0.15) is 77.3 Å². The van der Waals surface area contributed by atoms with E-state index in [2.05, 4.69) is 99.9 Å². The Bertz CT molecular complexity index is 706. The molecule has 0 spiro atoms. The molecule has 0 aromatic heterocycles. The molecule has 0 aliphatic heterocycles. The number of halogens is 1. The van der Waals surface area contributed by atoms with E-state index in [-0.39, 0.29) is 12.4 Å². The smallest absolute Gasteiger partial charge is 0.119 e. The lowest BCUT2D eigenvalue weighted by molar-refractivity contribution is 0.222. The van der Waals surface area contributed by atoms with Gasteiger partial charge >= 0.3 is 0 Å². The van der Waals surface area contributed by atoms with Crippen molar-refractivity contribution in [3.63, 3.8) is 0 Å². The van der Waals surface area contributed by atoms with Gasteiger partial charge in [-0.2, -0.15) is 0 Å². The van der Waals surface area contributed by atoms with Crippen molar-refractivity contribution >= 4 is 12.4 Å². The molecule has 0 N–H and O–H groups in total. The Morgan fingerprint density at radius 2 is 0.857 bits per heavy atom. The molecule has 0 bridgehead atoms. The molecule has 2 aromatic rings. The van der Waals surface area contributed by atoms with Gasteiger partial charge < -0.3 is 19.3 Å². The summed E-state index contributed by atoms with van der Waals surface area (Å²) in [6.07, 6.45) is 2.23. The summed E-state index contributed by atoms with van der Waals surface area (Å²) in [6, 6.07) is 17.6. The highest BCUT2D eigenvalue weighted by molar-refractivity contribution is 5.85. The largest absolute Gasteiger partial charge is 0.492 e. The summed E-state index contributed by atoms with van der Waals surface area (Å²) in [6.45, 7) is 21.1. The highest BCUT2D eigenvalue weighted by Gasteiger charge is 2.22. The zero-order chi connectivity index (χ0) is 24.8. The number of hydrogen-bond donors (Lipinski definition) is 0. The fraction of sp³-hybridized carbons (Fsp3) is 0.600. The Balaban J connectivity index is 0.00000612. The van der Waals surface area contributed by atoms with Crippen molar-refractivity contribution in [3.05, 3.63) is 59.7 Å². The summed E-state index contributed by atoms with van der Waals surface area (Å²) in [4.78, 5) is 4.77. The Morgan fingerprint density at radius 3 is 1.11 bits per heavy atom. The first-order valence-corrected chi connectivity index (χ1v) is 13.5. The van der Waals surface area contributed by atoms with E-state index in [1.165, 1.54) is 11.1 Å². The maximum atomic E-state index is 6.00. The van der Waals surface area contributed by atoms with Gasteiger partial charge in [0.15, 0.2) is 0 Å². The van der Waals surface area contributed by atoms with Crippen molar-refractivity contribution in [1.29, 1.82) is 0 Å². The van der Waals surface area contributed by atoms with E-state index in [1.54, 1.807) is 0 Å². The minimum atomic E-state index is 0. The Morgan fingerprint density at radius 1 is 0.543 bits per heavy atom. The van der Waals surface area contributed by atoms with E-state index in [0.717, 1.165) is 76.8 Å². The second-order valence-corrected chi connectivity index (χ2v) is 8.92. The van der Waals surface area contributed by atoms with E-state index >= 15 is 0 Å². The van der Waals surface area contributed by atoms with Crippen LogP contribution in [0.5, 0.6) is 11.5 Å². The Labute approximate surface area is 221 Å². The summed E-state index contributed by atoms with van der Waals surface area (Å²) < 4.78 is 12.0. The highest BCUT2D eigenvalue weighted by atomic mass is 35.5. The van der Waals surface area contributed by atoms with E-state index in [1.807, 2.05) is 0 Å². The molecule has 2 atom stereocenters. The molecule has 0 radical (unpaired) electrons. The van der Waals surface area contributed by atoms with Crippen molar-refractivity contribution in [2.75, 3.05) is 52.5 Å². The maximum Gasteiger partial charge on any atom is 0.119 e. The minimum absolute atomic E-state index is 0. The predicted molar refractivity (Wildman–Crippen MR) is 153 cm³/mol. The topological polar surface area (TPSA) is 24.9 Å². The molecule has 0 fully saturated rings. The molecule has 0 heterocycles. The van der Waals surface area contributed by atoms with Gasteiger partial charge in [0.25, 0.3) is 0 Å². The second kappa shape index (κ2) is 17.6. The van der Waals surface area contributed by atoms with Crippen LogP contribution in [0.15, 0.2) is 48.5 Å². The third kappa shape index (κ3) is 10.0. The Kier molecular flexibility index (Phi) is 15.8. The van der Waals surface area contributed by atoms with Gasteiger partial charge in [-0.15, -0.1) is 12.4 Å². The van der Waals surface area contributed by atoms with E-state index in [0.29, 0.717) is 11.8 Å². The first-order chi connectivity index (χ1) is 16.6. The lowest BCUT2D eigenvalue weighted by Crippen LogP contribution is -2.27. The fourth-order valence-corrected chi connectivity index (χ4v) is 4.79. The first kappa shape index (κ1) is 31.3. The third-order valence-electron chi connectivity index (χ3n) is 7.12. The third-order valence-corrected chi connectivity index (χ3v) is 7.12. The van der Waals surface area contributed by atoms with Crippen LogP contribution in [0.25, 0.3) is 0 Å². The zero-order valence-corrected chi connectivity index (χ0v) is 23.8. The molecule has 35 heavy (non-hydrogen) atoms. The van der Waals surface area contributed by atoms with Crippen molar-refractivity contribution in [1.82, 2.24) is 9.80 Å². The fourth-order valence-electron chi connectivity index (χ4n) is 4.79. The molecule has 198 valence electrons. The molecule has 0 saturated heterocycles. The van der Waals surface area contributed by atoms with Gasteiger partial charge in [-0.25, -0.2) is 0 Å². The Hall–Kier alpha value is -1.75. The summed E-state index contributed by atoms with van der Waals surface area (Å²) in [5, 5.41) is 0. The van der Waals surface area contributed by atoms with Gasteiger partial charge in [0.05, 0.1) is 0 Å². The molecule has 4 nitrogen and oxygen atoms in total. The normalized spacial score (nSPS) is 12.9. The minimum Gasteiger partial charge on any atom is -0.492 e. The maximum absolute atomic E-state index is 6.00. The van der Waals surface area contributed by atoms with Crippen molar-refractivity contribution in [2.24, 2.45) is 0 Å². The van der Waals surface area contributed by atoms with Crippen LogP contribution in [0.2, 0.25) is 0 Å². The number of ether oxygens (including phenoxy) is 2. The lowest BCUT2D eigenvalue weighted by Gasteiger charge is -2.27. The van der Waals surface area contributed by atoms with Gasteiger partial charge in [0.1, 0.15) is 24.7 Å². The van der Waals surface area contributed by atoms with Crippen LogP contribution in [-0.2, 0) is 0 Å². The standard InChI is InChI=1S/C30H48N2O2.ClH/c1-7-29(25-13-17-27(18-14-25)33-23-21-31(9-3)10-4)30(8-2)26-15-19-28(20-16-26)34-24-22-32(11-5)12-6;/h13-20,29-30H,7-12,21-24H2,1-6H3;1H. The molecule has 0 aliphatic rings. The molecule has 2 unspecified atom stereocenters. The number of rotatable bonds is 17. The number of benzene rings is 2. The molecule has 0 saturated carbocycles. The first-order valence-electron chi connectivity index (χ1n) is 13.5. The van der Waals surface area contributed by atoms with Crippen LogP contribution >= 0.6 is 12.4 Å². The van der Waals surface area contributed by atoms with Gasteiger partial charge in [-0.3, -0.25) is 0 Å². The molecule has 2 rings (SSSR count). The zero-order valence-electron chi connectivity index (χ0n) is 23.0. The van der Waals surface area contributed by atoms with Crippen molar-refractivity contribution < 1.29 is 9.47 Å². The summed E-state index contributed by atoms with van der Waals surface area (Å²) in [7, 11) is 0. The van der Waals surface area contributed by atoms with Gasteiger partial charge in [-0.1, -0.05) is 65.8 Å². The highest BCUT2D eigenvalue weighted by Crippen LogP contribution is 2.38. The van der Waals surface area contributed by atoms with E-state index in [9.17, 15) is 0 Å². The quantitative estimate of drug-likeness (QED) is 0.227. The van der Waals surface area contributed by atoms with E-state index in [4.69, 9.17) is 9.47 Å². The molecular formula is C30H49ClN2O2. The molecule has 5 heteroatoms. The van der Waals surface area contributed by atoms with Gasteiger partial charge in [0.2, 0.25) is 0 Å². The number of nitrogens with zero attached hydrogens (tertiary/aromatic N) is 2. The SMILES string of the molecule is CCC(c1ccc(OCCN(CC)CC)cc1)C(CC)c1ccc(OCCN(CC)CC)cc1.Cl.